The topological polar surface area (TPSA) is 12.0 Å². The molecule has 2 aromatic carbocycles. The molecule has 1 aliphatic heterocycles. The summed E-state index contributed by atoms with van der Waals surface area (Å²) in [6, 6.07) is 16.9. The second-order valence-electron chi connectivity index (χ2n) is 5.19. The third-order valence-corrected chi connectivity index (χ3v) is 4.62. The van der Waals surface area contributed by atoms with E-state index < -0.39 is 0 Å². The smallest absolute Gasteiger partial charge is 0.0406 e. The second kappa shape index (κ2) is 5.28. The number of halogens is 2. The summed E-state index contributed by atoms with van der Waals surface area (Å²) in [7, 11) is 0. The molecule has 0 atom stereocenters. The zero-order chi connectivity index (χ0) is 13.3. The molecule has 0 aliphatic carbocycles. The first kappa shape index (κ1) is 13.2. The Morgan fingerprint density at radius 3 is 2.16 bits per heavy atom. The Morgan fingerprint density at radius 2 is 1.63 bits per heavy atom. The van der Waals surface area contributed by atoms with Gasteiger partial charge in [0.05, 0.1) is 0 Å². The van der Waals surface area contributed by atoms with Crippen LogP contribution in [0.15, 0.2) is 53.0 Å². The van der Waals surface area contributed by atoms with Gasteiger partial charge in [0.15, 0.2) is 0 Å². The molecule has 2 aromatic rings. The van der Waals surface area contributed by atoms with E-state index in [0.717, 1.165) is 29.0 Å². The first-order valence-electron chi connectivity index (χ1n) is 6.39. The SMILES string of the molecule is Clc1ccc(CC2(c3ccc(Br)cc3)CNC2)cc1. The summed E-state index contributed by atoms with van der Waals surface area (Å²) in [5, 5.41) is 4.21. The molecule has 1 N–H and O–H groups in total. The Bertz CT molecular complexity index is 558. The predicted octanol–water partition coefficient (Wildman–Crippen LogP) is 4.19. The van der Waals surface area contributed by atoms with Crippen LogP contribution in [0.1, 0.15) is 11.1 Å². The quantitative estimate of drug-likeness (QED) is 0.886. The fraction of sp³-hybridized carbons (Fsp3) is 0.250. The van der Waals surface area contributed by atoms with Crippen molar-refractivity contribution in [3.05, 3.63) is 69.2 Å². The van der Waals surface area contributed by atoms with Crippen molar-refractivity contribution in [3.63, 3.8) is 0 Å². The fourth-order valence-electron chi connectivity index (χ4n) is 2.65. The lowest BCUT2D eigenvalue weighted by Crippen LogP contribution is -2.58. The monoisotopic (exact) mass is 335 g/mol. The number of nitrogens with one attached hydrogen (secondary N) is 1. The molecule has 0 unspecified atom stereocenters. The number of hydrogen-bond acceptors (Lipinski definition) is 1. The summed E-state index contributed by atoms with van der Waals surface area (Å²) in [4.78, 5) is 0. The lowest BCUT2D eigenvalue weighted by Gasteiger charge is -2.43. The zero-order valence-electron chi connectivity index (χ0n) is 10.5. The first-order valence-corrected chi connectivity index (χ1v) is 7.56. The van der Waals surface area contributed by atoms with Crippen molar-refractivity contribution in [1.82, 2.24) is 5.32 Å². The highest BCUT2D eigenvalue weighted by atomic mass is 79.9. The van der Waals surface area contributed by atoms with Gasteiger partial charge in [-0.15, -0.1) is 0 Å². The summed E-state index contributed by atoms with van der Waals surface area (Å²) < 4.78 is 1.13. The van der Waals surface area contributed by atoms with Crippen LogP contribution < -0.4 is 5.32 Å². The summed E-state index contributed by atoms with van der Waals surface area (Å²) >= 11 is 9.44. The minimum Gasteiger partial charge on any atom is -0.315 e. The Balaban J connectivity index is 1.87. The van der Waals surface area contributed by atoms with E-state index in [1.807, 2.05) is 12.1 Å². The van der Waals surface area contributed by atoms with Crippen LogP contribution in [0.4, 0.5) is 0 Å². The fourth-order valence-corrected chi connectivity index (χ4v) is 3.04. The third-order valence-electron chi connectivity index (χ3n) is 3.84. The van der Waals surface area contributed by atoms with Crippen LogP contribution in [-0.4, -0.2) is 13.1 Å². The van der Waals surface area contributed by atoms with Gasteiger partial charge in [-0.05, 0) is 41.8 Å². The van der Waals surface area contributed by atoms with Crippen LogP contribution in [0, 0.1) is 0 Å². The van der Waals surface area contributed by atoms with Crippen molar-refractivity contribution in [2.75, 3.05) is 13.1 Å². The van der Waals surface area contributed by atoms with Gasteiger partial charge in [0.2, 0.25) is 0 Å². The molecule has 3 heteroatoms. The van der Waals surface area contributed by atoms with Crippen molar-refractivity contribution >= 4 is 27.5 Å². The maximum atomic E-state index is 5.95. The molecule has 1 nitrogen and oxygen atoms in total. The van der Waals surface area contributed by atoms with Crippen LogP contribution in [0.5, 0.6) is 0 Å². The van der Waals surface area contributed by atoms with Crippen molar-refractivity contribution in [2.45, 2.75) is 11.8 Å². The average molecular weight is 337 g/mol. The molecule has 19 heavy (non-hydrogen) atoms. The van der Waals surface area contributed by atoms with Crippen molar-refractivity contribution in [1.29, 1.82) is 0 Å². The van der Waals surface area contributed by atoms with Crippen molar-refractivity contribution < 1.29 is 0 Å². The molecule has 0 amide bonds. The van der Waals surface area contributed by atoms with E-state index in [-0.39, 0.29) is 5.41 Å². The van der Waals surface area contributed by atoms with E-state index in [9.17, 15) is 0 Å². The lowest BCUT2D eigenvalue weighted by atomic mass is 9.71. The van der Waals surface area contributed by atoms with E-state index in [2.05, 4.69) is 57.6 Å². The summed E-state index contributed by atoms with van der Waals surface area (Å²) in [5.74, 6) is 0. The maximum absolute atomic E-state index is 5.95. The molecule has 98 valence electrons. The Kier molecular flexibility index (Phi) is 3.66. The average Bonchev–Trinajstić information content (AvgIpc) is 2.37. The van der Waals surface area contributed by atoms with Crippen LogP contribution in [-0.2, 0) is 11.8 Å². The molecule has 1 aliphatic rings. The summed E-state index contributed by atoms with van der Waals surface area (Å²) in [6.07, 6.45) is 1.05. The van der Waals surface area contributed by atoms with Gasteiger partial charge < -0.3 is 5.32 Å². The van der Waals surface area contributed by atoms with Gasteiger partial charge in [0.25, 0.3) is 0 Å². The standard InChI is InChI=1S/C16H15BrClN/c17-14-5-3-13(4-6-14)16(10-19-11-16)9-12-1-7-15(18)8-2-12/h1-8,19H,9-11H2. The summed E-state index contributed by atoms with van der Waals surface area (Å²) in [5.41, 5.74) is 2.98. The molecule has 1 fully saturated rings. The first-order chi connectivity index (χ1) is 9.18. The molecule has 0 saturated carbocycles. The minimum absolute atomic E-state index is 0.231. The Morgan fingerprint density at radius 1 is 1.00 bits per heavy atom. The van der Waals surface area contributed by atoms with E-state index in [1.54, 1.807) is 0 Å². The predicted molar refractivity (Wildman–Crippen MR) is 83.8 cm³/mol. The Hall–Kier alpha value is -0.830. The van der Waals surface area contributed by atoms with Gasteiger partial charge in [0, 0.05) is 28.0 Å². The largest absolute Gasteiger partial charge is 0.315 e. The van der Waals surface area contributed by atoms with Crippen LogP contribution in [0.2, 0.25) is 5.02 Å². The van der Waals surface area contributed by atoms with Gasteiger partial charge in [-0.25, -0.2) is 0 Å². The van der Waals surface area contributed by atoms with Crippen LogP contribution >= 0.6 is 27.5 Å². The van der Waals surface area contributed by atoms with E-state index in [0.29, 0.717) is 0 Å². The van der Waals surface area contributed by atoms with Gasteiger partial charge in [0.1, 0.15) is 0 Å². The second-order valence-corrected chi connectivity index (χ2v) is 6.55. The van der Waals surface area contributed by atoms with Gasteiger partial charge in [-0.2, -0.15) is 0 Å². The van der Waals surface area contributed by atoms with E-state index in [1.165, 1.54) is 11.1 Å². The summed E-state index contributed by atoms with van der Waals surface area (Å²) in [6.45, 7) is 2.08. The molecule has 0 bridgehead atoms. The number of benzene rings is 2. The van der Waals surface area contributed by atoms with Crippen LogP contribution in [0.25, 0.3) is 0 Å². The molecule has 1 saturated heterocycles. The Labute approximate surface area is 127 Å². The number of rotatable bonds is 3. The molecule has 0 spiro atoms. The molecule has 3 rings (SSSR count). The van der Waals surface area contributed by atoms with Gasteiger partial charge in [-0.3, -0.25) is 0 Å². The zero-order valence-corrected chi connectivity index (χ0v) is 12.8. The molecular formula is C16H15BrClN. The lowest BCUT2D eigenvalue weighted by molar-refractivity contribution is 0.274. The van der Waals surface area contributed by atoms with Crippen LogP contribution in [0.3, 0.4) is 0 Å². The number of hydrogen-bond donors (Lipinski definition) is 1. The minimum atomic E-state index is 0.231. The van der Waals surface area contributed by atoms with Gasteiger partial charge >= 0.3 is 0 Å². The molecular weight excluding hydrogens is 322 g/mol. The highest BCUT2D eigenvalue weighted by Gasteiger charge is 2.38. The highest BCUT2D eigenvalue weighted by Crippen LogP contribution is 2.33. The maximum Gasteiger partial charge on any atom is 0.0406 e. The normalized spacial score (nSPS) is 16.9. The van der Waals surface area contributed by atoms with Crippen molar-refractivity contribution in [3.8, 4) is 0 Å². The third kappa shape index (κ3) is 2.71. The molecule has 0 radical (unpaired) electrons. The van der Waals surface area contributed by atoms with Crippen molar-refractivity contribution in [2.24, 2.45) is 0 Å². The van der Waals surface area contributed by atoms with E-state index >= 15 is 0 Å². The molecule has 1 heterocycles. The molecule has 0 aromatic heterocycles. The van der Waals surface area contributed by atoms with E-state index in [4.69, 9.17) is 11.6 Å². The highest BCUT2D eigenvalue weighted by molar-refractivity contribution is 9.10. The van der Waals surface area contributed by atoms with Gasteiger partial charge in [-0.1, -0.05) is 51.8 Å².